The standard InChI is InChI=1S/C19H18N4O2/c1-22-12-16(17(21-22)19(25)23-10-5-11-23)20-18(24)15-9-4-7-13-6-2-3-8-14(13)15/h2-4,6-9,12H,5,10-11H2,1H3,(H,20,24). The van der Waals surface area contributed by atoms with Crippen molar-refractivity contribution in [2.45, 2.75) is 6.42 Å². The molecule has 0 atom stereocenters. The topological polar surface area (TPSA) is 67.2 Å². The number of rotatable bonds is 3. The molecule has 1 aliphatic rings. The van der Waals surface area contributed by atoms with Gasteiger partial charge in [0.2, 0.25) is 0 Å². The number of aromatic nitrogens is 2. The van der Waals surface area contributed by atoms with Gasteiger partial charge in [0.15, 0.2) is 5.69 Å². The summed E-state index contributed by atoms with van der Waals surface area (Å²) in [5, 5.41) is 8.96. The zero-order valence-corrected chi connectivity index (χ0v) is 13.9. The number of nitrogens with zero attached hydrogens (tertiary/aromatic N) is 3. The van der Waals surface area contributed by atoms with Crippen molar-refractivity contribution in [3.05, 3.63) is 59.9 Å². The van der Waals surface area contributed by atoms with Gasteiger partial charge in [-0.15, -0.1) is 0 Å². The van der Waals surface area contributed by atoms with E-state index in [9.17, 15) is 9.59 Å². The Bertz CT molecular complexity index is 967. The highest BCUT2D eigenvalue weighted by atomic mass is 16.2. The molecule has 6 nitrogen and oxygen atoms in total. The van der Waals surface area contributed by atoms with Gasteiger partial charge >= 0.3 is 0 Å². The van der Waals surface area contributed by atoms with Crippen molar-refractivity contribution in [3.8, 4) is 0 Å². The van der Waals surface area contributed by atoms with Crippen molar-refractivity contribution in [3.63, 3.8) is 0 Å². The first kappa shape index (κ1) is 15.4. The van der Waals surface area contributed by atoms with Crippen molar-refractivity contribution >= 4 is 28.3 Å². The highest BCUT2D eigenvalue weighted by molar-refractivity contribution is 6.14. The van der Waals surface area contributed by atoms with Gasteiger partial charge in [0, 0.05) is 31.9 Å². The first-order chi connectivity index (χ1) is 12.1. The van der Waals surface area contributed by atoms with Gasteiger partial charge in [0.05, 0.1) is 5.69 Å². The Morgan fingerprint density at radius 2 is 1.84 bits per heavy atom. The second-order valence-corrected chi connectivity index (χ2v) is 6.19. The predicted molar refractivity (Wildman–Crippen MR) is 95.6 cm³/mol. The third kappa shape index (κ3) is 2.76. The number of benzene rings is 2. The number of hydrogen-bond donors (Lipinski definition) is 1. The summed E-state index contributed by atoms with van der Waals surface area (Å²) in [6.45, 7) is 1.48. The van der Waals surface area contributed by atoms with E-state index in [1.165, 1.54) is 0 Å². The molecule has 1 fully saturated rings. The maximum atomic E-state index is 12.8. The molecule has 0 radical (unpaired) electrons. The number of carbonyl (C=O) groups excluding carboxylic acids is 2. The molecule has 0 unspecified atom stereocenters. The largest absolute Gasteiger partial charge is 0.337 e. The number of fused-ring (bicyclic) bond motifs is 1. The summed E-state index contributed by atoms with van der Waals surface area (Å²) < 4.78 is 1.55. The number of aryl methyl sites for hydroxylation is 1. The number of hydrogen-bond acceptors (Lipinski definition) is 3. The maximum absolute atomic E-state index is 12.8. The molecule has 1 N–H and O–H groups in total. The lowest BCUT2D eigenvalue weighted by Crippen LogP contribution is -2.42. The molecule has 1 aromatic heterocycles. The molecule has 1 aliphatic heterocycles. The van der Waals surface area contributed by atoms with Gasteiger partial charge in [-0.05, 0) is 23.3 Å². The highest BCUT2D eigenvalue weighted by Gasteiger charge is 2.27. The Balaban J connectivity index is 1.66. The normalized spacial score (nSPS) is 13.6. The Hall–Kier alpha value is -3.15. The van der Waals surface area contributed by atoms with E-state index < -0.39 is 0 Å². The molecule has 4 rings (SSSR count). The van der Waals surface area contributed by atoms with Crippen LogP contribution in [0.4, 0.5) is 5.69 Å². The van der Waals surface area contributed by atoms with Crippen molar-refractivity contribution in [2.75, 3.05) is 18.4 Å². The van der Waals surface area contributed by atoms with Crippen LogP contribution in [-0.4, -0.2) is 39.6 Å². The smallest absolute Gasteiger partial charge is 0.276 e. The van der Waals surface area contributed by atoms with Crippen molar-refractivity contribution in [2.24, 2.45) is 7.05 Å². The molecule has 0 spiro atoms. The summed E-state index contributed by atoms with van der Waals surface area (Å²) in [5.41, 5.74) is 1.30. The van der Waals surface area contributed by atoms with Crippen molar-refractivity contribution in [1.29, 1.82) is 0 Å². The Morgan fingerprint density at radius 1 is 1.08 bits per heavy atom. The van der Waals surface area contributed by atoms with Crippen LogP contribution in [0.5, 0.6) is 0 Å². The molecule has 2 amide bonds. The first-order valence-corrected chi connectivity index (χ1v) is 8.25. The van der Waals surface area contributed by atoms with E-state index in [1.54, 1.807) is 28.9 Å². The summed E-state index contributed by atoms with van der Waals surface area (Å²) in [5.74, 6) is -0.387. The molecule has 126 valence electrons. The number of nitrogens with one attached hydrogen (secondary N) is 1. The van der Waals surface area contributed by atoms with Gasteiger partial charge in [-0.3, -0.25) is 14.3 Å². The quantitative estimate of drug-likeness (QED) is 0.801. The summed E-state index contributed by atoms with van der Waals surface area (Å²) in [7, 11) is 1.74. The van der Waals surface area contributed by atoms with E-state index in [-0.39, 0.29) is 17.5 Å². The number of likely N-dealkylation sites (tertiary alicyclic amines) is 1. The van der Waals surface area contributed by atoms with E-state index in [4.69, 9.17) is 0 Å². The minimum absolute atomic E-state index is 0.139. The Kier molecular flexibility index (Phi) is 3.72. The lowest BCUT2D eigenvalue weighted by molar-refractivity contribution is 0.0646. The molecule has 2 heterocycles. The second kappa shape index (κ2) is 6.05. The molecule has 0 aliphatic carbocycles. The maximum Gasteiger partial charge on any atom is 0.276 e. The molecule has 2 aromatic carbocycles. The van der Waals surface area contributed by atoms with Crippen LogP contribution in [0.2, 0.25) is 0 Å². The minimum Gasteiger partial charge on any atom is -0.337 e. The van der Waals surface area contributed by atoms with Crippen LogP contribution in [0.25, 0.3) is 10.8 Å². The third-order valence-electron chi connectivity index (χ3n) is 4.46. The van der Waals surface area contributed by atoms with E-state index in [1.807, 2.05) is 36.4 Å². The summed E-state index contributed by atoms with van der Waals surface area (Å²) >= 11 is 0. The zero-order chi connectivity index (χ0) is 17.4. The monoisotopic (exact) mass is 334 g/mol. The van der Waals surface area contributed by atoms with E-state index >= 15 is 0 Å². The summed E-state index contributed by atoms with van der Waals surface area (Å²) in [4.78, 5) is 27.0. The van der Waals surface area contributed by atoms with Crippen LogP contribution in [0.15, 0.2) is 48.7 Å². The zero-order valence-electron chi connectivity index (χ0n) is 13.9. The third-order valence-corrected chi connectivity index (χ3v) is 4.46. The van der Waals surface area contributed by atoms with Gasteiger partial charge in [0.25, 0.3) is 11.8 Å². The fourth-order valence-electron chi connectivity index (χ4n) is 3.02. The lowest BCUT2D eigenvalue weighted by Gasteiger charge is -2.30. The lowest BCUT2D eigenvalue weighted by atomic mass is 10.0. The van der Waals surface area contributed by atoms with Gasteiger partial charge in [-0.2, -0.15) is 5.10 Å². The molecule has 1 saturated heterocycles. The Labute approximate surface area is 145 Å². The number of anilines is 1. The van der Waals surface area contributed by atoms with Gasteiger partial charge in [-0.25, -0.2) is 0 Å². The molecule has 0 saturated carbocycles. The van der Waals surface area contributed by atoms with Crippen molar-refractivity contribution < 1.29 is 9.59 Å². The van der Waals surface area contributed by atoms with Crippen LogP contribution in [0.1, 0.15) is 27.3 Å². The molecule has 25 heavy (non-hydrogen) atoms. The second-order valence-electron chi connectivity index (χ2n) is 6.19. The van der Waals surface area contributed by atoms with Crippen molar-refractivity contribution in [1.82, 2.24) is 14.7 Å². The predicted octanol–water partition coefficient (Wildman–Crippen LogP) is 2.67. The van der Waals surface area contributed by atoms with Crippen LogP contribution in [-0.2, 0) is 7.05 Å². The Morgan fingerprint density at radius 3 is 2.60 bits per heavy atom. The average Bonchev–Trinajstić information content (AvgIpc) is 2.93. The molecule has 0 bridgehead atoms. The summed E-state index contributed by atoms with van der Waals surface area (Å²) in [6.07, 6.45) is 2.67. The van der Waals surface area contributed by atoms with Crippen LogP contribution in [0, 0.1) is 0 Å². The van der Waals surface area contributed by atoms with E-state index in [0.29, 0.717) is 11.3 Å². The molecular weight excluding hydrogens is 316 g/mol. The molecule has 3 aromatic rings. The van der Waals surface area contributed by atoms with Crippen LogP contribution in [0.3, 0.4) is 0 Å². The number of carbonyl (C=O) groups is 2. The molecule has 6 heteroatoms. The van der Waals surface area contributed by atoms with Gasteiger partial charge in [-0.1, -0.05) is 36.4 Å². The van der Waals surface area contributed by atoms with E-state index in [0.717, 1.165) is 30.3 Å². The van der Waals surface area contributed by atoms with E-state index in [2.05, 4.69) is 10.4 Å². The fraction of sp³-hybridized carbons (Fsp3) is 0.211. The van der Waals surface area contributed by atoms with Crippen LogP contribution < -0.4 is 5.32 Å². The van der Waals surface area contributed by atoms with Crippen LogP contribution >= 0.6 is 0 Å². The number of amides is 2. The summed E-state index contributed by atoms with van der Waals surface area (Å²) in [6, 6.07) is 13.3. The minimum atomic E-state index is -0.248. The fourth-order valence-corrected chi connectivity index (χ4v) is 3.02. The highest BCUT2D eigenvalue weighted by Crippen LogP contribution is 2.22. The SMILES string of the molecule is Cn1cc(NC(=O)c2cccc3ccccc23)c(C(=O)N2CCC2)n1. The average molecular weight is 334 g/mol. The first-order valence-electron chi connectivity index (χ1n) is 8.25. The van der Waals surface area contributed by atoms with Gasteiger partial charge in [0.1, 0.15) is 0 Å². The molecular formula is C19H18N4O2. The van der Waals surface area contributed by atoms with Gasteiger partial charge < -0.3 is 10.2 Å².